The Bertz CT molecular complexity index is 1550. The number of carbonyl (C=O) groups excluding carboxylic acids is 1. The van der Waals surface area contributed by atoms with Crippen LogP contribution in [0.25, 0.3) is 6.08 Å². The highest BCUT2D eigenvalue weighted by atomic mass is 35.5. The molecular weight excluding hydrogens is 575 g/mol. The van der Waals surface area contributed by atoms with Crippen LogP contribution in [-0.4, -0.2) is 49.6 Å². The molecule has 3 aromatic rings. The molecule has 0 aliphatic carbocycles. The number of hydrogen-bond acceptors (Lipinski definition) is 9. The second-order valence-electron chi connectivity index (χ2n) is 8.62. The van der Waals surface area contributed by atoms with Crippen molar-refractivity contribution in [3.05, 3.63) is 70.6 Å². The third kappa shape index (κ3) is 7.99. The molecule has 0 radical (unpaired) electrons. The molecule has 40 heavy (non-hydrogen) atoms. The van der Waals surface area contributed by atoms with E-state index in [1.165, 1.54) is 30.6 Å². The number of anilines is 3. The smallest absolute Gasteiger partial charge is 0.416 e. The van der Waals surface area contributed by atoms with Crippen LogP contribution < -0.4 is 20.7 Å². The van der Waals surface area contributed by atoms with E-state index in [0.717, 1.165) is 18.4 Å². The van der Waals surface area contributed by atoms with Gasteiger partial charge in [0.25, 0.3) is 0 Å². The average Bonchev–Trinajstić information content (AvgIpc) is 3.07. The van der Waals surface area contributed by atoms with E-state index in [1.54, 1.807) is 12.1 Å². The molecule has 1 amide bonds. The van der Waals surface area contributed by atoms with Crippen LogP contribution in [0, 0.1) is 0 Å². The molecule has 0 spiro atoms. The summed E-state index contributed by atoms with van der Waals surface area (Å²) < 4.78 is 72.0. The van der Waals surface area contributed by atoms with Crippen LogP contribution in [0.1, 0.15) is 17.5 Å². The Hall–Kier alpha value is -4.04. The first-order chi connectivity index (χ1) is 18.9. The van der Waals surface area contributed by atoms with E-state index in [1.807, 2.05) is 0 Å². The predicted octanol–water partition coefficient (Wildman–Crippen LogP) is 5.61. The Morgan fingerprint density at radius 3 is 2.70 bits per heavy atom. The van der Waals surface area contributed by atoms with Crippen LogP contribution in [0.5, 0.6) is 11.5 Å². The monoisotopic (exact) mass is 597 g/mol. The summed E-state index contributed by atoms with van der Waals surface area (Å²) in [4.78, 5) is 20.7. The number of benzene rings is 2. The summed E-state index contributed by atoms with van der Waals surface area (Å²) in [7, 11) is -3.28. The summed E-state index contributed by atoms with van der Waals surface area (Å²) in [6.07, 6.45) is -0.862. The van der Waals surface area contributed by atoms with Gasteiger partial charge in [0.2, 0.25) is 0 Å². The van der Waals surface area contributed by atoms with Crippen molar-refractivity contribution in [3.8, 4) is 11.5 Å². The summed E-state index contributed by atoms with van der Waals surface area (Å²) >= 11 is 6.35. The average molecular weight is 598 g/mol. The maximum atomic E-state index is 13.0. The van der Waals surface area contributed by atoms with Gasteiger partial charge in [-0.1, -0.05) is 17.7 Å². The first-order valence-electron chi connectivity index (χ1n) is 11.7. The quantitative estimate of drug-likeness (QED) is 0.303. The second kappa shape index (κ2) is 12.0. The van der Waals surface area contributed by atoms with Gasteiger partial charge in [0.15, 0.2) is 9.84 Å². The third-order valence-electron chi connectivity index (χ3n) is 5.42. The molecule has 2 aromatic carbocycles. The van der Waals surface area contributed by atoms with Crippen LogP contribution in [0.2, 0.25) is 5.02 Å². The highest BCUT2D eigenvalue weighted by Crippen LogP contribution is 2.36. The lowest BCUT2D eigenvalue weighted by molar-refractivity contribution is -0.137. The highest BCUT2D eigenvalue weighted by Gasteiger charge is 2.30. The van der Waals surface area contributed by atoms with E-state index in [9.17, 15) is 26.4 Å². The van der Waals surface area contributed by atoms with E-state index >= 15 is 0 Å². The van der Waals surface area contributed by atoms with Crippen LogP contribution in [-0.2, 0) is 20.8 Å². The molecule has 0 saturated heterocycles. The SMILES string of the molecule is CS(=O)(=O)CCOC(=O)NC1=Cc2c(ncnc2Nc2ccc(Oc3cccc(C(F)(F)F)c3)c(Cl)c2)NCC1. The van der Waals surface area contributed by atoms with Gasteiger partial charge in [-0.25, -0.2) is 23.2 Å². The lowest BCUT2D eigenvalue weighted by Crippen LogP contribution is -2.26. The van der Waals surface area contributed by atoms with Gasteiger partial charge in [0.05, 0.1) is 21.9 Å². The van der Waals surface area contributed by atoms with Crippen LogP contribution in [0.4, 0.5) is 35.3 Å². The lowest BCUT2D eigenvalue weighted by atomic mass is 10.2. The molecule has 1 aromatic heterocycles. The van der Waals surface area contributed by atoms with Gasteiger partial charge >= 0.3 is 12.3 Å². The first kappa shape index (κ1) is 29.0. The van der Waals surface area contributed by atoms with Crippen molar-refractivity contribution in [1.29, 1.82) is 0 Å². The highest BCUT2D eigenvalue weighted by molar-refractivity contribution is 7.90. The van der Waals surface area contributed by atoms with E-state index < -0.39 is 27.7 Å². The van der Waals surface area contributed by atoms with Crippen molar-refractivity contribution in [2.24, 2.45) is 0 Å². The topological polar surface area (TPSA) is 132 Å². The summed E-state index contributed by atoms with van der Waals surface area (Å²) in [5, 5.41) is 8.99. The van der Waals surface area contributed by atoms with Crippen LogP contribution in [0.3, 0.4) is 0 Å². The molecule has 0 atom stereocenters. The second-order valence-corrected chi connectivity index (χ2v) is 11.3. The number of alkyl halides is 3. The van der Waals surface area contributed by atoms with Crippen LogP contribution in [0.15, 0.2) is 54.5 Å². The summed E-state index contributed by atoms with van der Waals surface area (Å²) in [5.41, 5.74) is 0.652. The molecule has 4 rings (SSSR count). The zero-order valence-electron chi connectivity index (χ0n) is 20.9. The number of alkyl carbamates (subject to hydrolysis) is 1. The summed E-state index contributed by atoms with van der Waals surface area (Å²) in [5.74, 6) is 0.695. The molecule has 0 bridgehead atoms. The largest absolute Gasteiger partial charge is 0.456 e. The van der Waals surface area contributed by atoms with Crippen molar-refractivity contribution >= 4 is 50.9 Å². The Morgan fingerprint density at radius 2 is 1.98 bits per heavy atom. The zero-order chi connectivity index (χ0) is 28.9. The molecule has 15 heteroatoms. The molecule has 1 aliphatic heterocycles. The molecule has 0 fully saturated rings. The molecule has 1 aliphatic rings. The number of rotatable bonds is 8. The minimum atomic E-state index is -4.51. The molecular formula is C25H23ClF3N5O5S. The van der Waals surface area contributed by atoms with Gasteiger partial charge in [-0.15, -0.1) is 0 Å². The van der Waals surface area contributed by atoms with E-state index in [4.69, 9.17) is 21.1 Å². The number of hydrogen-bond donors (Lipinski definition) is 3. The Balaban J connectivity index is 1.49. The molecule has 10 nitrogen and oxygen atoms in total. The molecule has 0 saturated carbocycles. The first-order valence-corrected chi connectivity index (χ1v) is 14.1. The number of nitrogens with zero attached hydrogens (tertiary/aromatic N) is 2. The number of amides is 1. The maximum Gasteiger partial charge on any atom is 0.416 e. The van der Waals surface area contributed by atoms with Crippen LogP contribution >= 0.6 is 11.6 Å². The number of ether oxygens (including phenoxy) is 2. The fourth-order valence-corrected chi connectivity index (χ4v) is 4.15. The molecule has 2 heterocycles. The number of sulfone groups is 1. The zero-order valence-corrected chi connectivity index (χ0v) is 22.5. The summed E-state index contributed by atoms with van der Waals surface area (Å²) in [6.45, 7) is 0.156. The van der Waals surface area contributed by atoms with Gasteiger partial charge in [-0.3, -0.25) is 5.32 Å². The number of halogens is 4. The fraction of sp³-hybridized carbons (Fsp3) is 0.240. The van der Waals surface area contributed by atoms with Gasteiger partial charge in [0, 0.05) is 30.6 Å². The number of fused-ring (bicyclic) bond motifs is 1. The Labute approximate surface area is 232 Å². The lowest BCUT2D eigenvalue weighted by Gasteiger charge is -2.14. The van der Waals surface area contributed by atoms with Gasteiger partial charge < -0.3 is 20.1 Å². The Kier molecular flexibility index (Phi) is 8.69. The van der Waals surface area contributed by atoms with Crippen molar-refractivity contribution in [2.45, 2.75) is 12.6 Å². The van der Waals surface area contributed by atoms with E-state index in [-0.39, 0.29) is 28.9 Å². The third-order valence-corrected chi connectivity index (χ3v) is 6.63. The minimum absolute atomic E-state index is 0.0235. The standard InChI is InChI=1S/C25H23ClF3N5O5S/c1-40(36,37)10-9-38-24(35)34-17-7-8-30-22-19(12-17)23(32-14-31-22)33-16-5-6-21(20(26)13-16)39-18-4-2-3-15(11-18)25(27,28)29/h2-6,11-14H,7-10H2,1H3,(H,34,35)(H2,30,31,32,33). The van der Waals surface area contributed by atoms with E-state index in [2.05, 4.69) is 25.9 Å². The number of nitrogens with one attached hydrogen (secondary N) is 3. The van der Waals surface area contributed by atoms with Gasteiger partial charge in [-0.2, -0.15) is 13.2 Å². The Morgan fingerprint density at radius 1 is 1.18 bits per heavy atom. The van der Waals surface area contributed by atoms with Gasteiger partial charge in [-0.05, 0) is 42.5 Å². The predicted molar refractivity (Wildman–Crippen MR) is 144 cm³/mol. The maximum absolute atomic E-state index is 13.0. The van der Waals surface area contributed by atoms with Crippen molar-refractivity contribution in [2.75, 3.05) is 35.8 Å². The van der Waals surface area contributed by atoms with Crippen molar-refractivity contribution < 1.29 is 35.9 Å². The molecule has 3 N–H and O–H groups in total. The van der Waals surface area contributed by atoms with Gasteiger partial charge in [0.1, 0.15) is 36.1 Å². The summed E-state index contributed by atoms with van der Waals surface area (Å²) in [6, 6.07) is 9.07. The number of aromatic nitrogens is 2. The molecule has 0 unspecified atom stereocenters. The number of carbonyl (C=O) groups is 1. The van der Waals surface area contributed by atoms with Crippen molar-refractivity contribution in [1.82, 2.24) is 15.3 Å². The molecule has 212 valence electrons. The minimum Gasteiger partial charge on any atom is -0.456 e. The fourth-order valence-electron chi connectivity index (χ4n) is 3.55. The normalized spacial score (nSPS) is 13.3. The van der Waals surface area contributed by atoms with Crippen molar-refractivity contribution in [3.63, 3.8) is 0 Å². The van der Waals surface area contributed by atoms with E-state index in [0.29, 0.717) is 41.5 Å².